The highest BCUT2D eigenvalue weighted by Gasteiger charge is 2.28. The summed E-state index contributed by atoms with van der Waals surface area (Å²) in [5, 5.41) is 13.5. The first-order valence-electron chi connectivity index (χ1n) is 7.88. The largest absolute Gasteiger partial charge is 0.396 e. The van der Waals surface area contributed by atoms with Crippen LogP contribution in [0.1, 0.15) is 23.2 Å². The first kappa shape index (κ1) is 16.6. The SMILES string of the molecule is Cn1cc(C(=O)N2CCCC(CO)C2)c(-c2ccc(F)cc2F)n1. The summed E-state index contributed by atoms with van der Waals surface area (Å²) in [6.07, 6.45) is 3.24. The minimum absolute atomic E-state index is 0.0380. The van der Waals surface area contributed by atoms with Gasteiger partial charge in [-0.25, -0.2) is 8.78 Å². The van der Waals surface area contributed by atoms with Gasteiger partial charge in [-0.3, -0.25) is 9.48 Å². The lowest BCUT2D eigenvalue weighted by Crippen LogP contribution is -2.41. The van der Waals surface area contributed by atoms with Crippen molar-refractivity contribution in [2.75, 3.05) is 19.7 Å². The Labute approximate surface area is 138 Å². The van der Waals surface area contributed by atoms with Gasteiger partial charge in [0.25, 0.3) is 5.91 Å². The Hall–Kier alpha value is -2.28. The number of rotatable bonds is 3. The molecule has 0 aliphatic carbocycles. The van der Waals surface area contributed by atoms with Gasteiger partial charge >= 0.3 is 0 Å². The van der Waals surface area contributed by atoms with Gasteiger partial charge < -0.3 is 10.0 Å². The number of halogens is 2. The molecule has 24 heavy (non-hydrogen) atoms. The van der Waals surface area contributed by atoms with E-state index >= 15 is 0 Å². The number of carbonyl (C=O) groups excluding carboxylic acids is 1. The lowest BCUT2D eigenvalue weighted by atomic mass is 9.98. The average Bonchev–Trinajstić information content (AvgIpc) is 2.95. The number of aliphatic hydroxyl groups is 1. The number of amides is 1. The second-order valence-electron chi connectivity index (χ2n) is 6.13. The normalized spacial score (nSPS) is 18.0. The van der Waals surface area contributed by atoms with Gasteiger partial charge in [0.15, 0.2) is 0 Å². The van der Waals surface area contributed by atoms with Gasteiger partial charge in [-0.15, -0.1) is 0 Å². The maximum Gasteiger partial charge on any atom is 0.257 e. The molecule has 0 saturated carbocycles. The summed E-state index contributed by atoms with van der Waals surface area (Å²) >= 11 is 0. The van der Waals surface area contributed by atoms with Crippen molar-refractivity contribution in [2.45, 2.75) is 12.8 Å². The van der Waals surface area contributed by atoms with Crippen LogP contribution in [0.25, 0.3) is 11.3 Å². The van der Waals surface area contributed by atoms with Gasteiger partial charge in [0.2, 0.25) is 0 Å². The molecule has 5 nitrogen and oxygen atoms in total. The Morgan fingerprint density at radius 2 is 2.21 bits per heavy atom. The number of hydrogen-bond donors (Lipinski definition) is 1. The minimum Gasteiger partial charge on any atom is -0.396 e. The van der Waals surface area contributed by atoms with Crippen molar-refractivity contribution < 1.29 is 18.7 Å². The van der Waals surface area contributed by atoms with Crippen LogP contribution in [-0.2, 0) is 7.05 Å². The number of carbonyl (C=O) groups is 1. The van der Waals surface area contributed by atoms with Crippen molar-refractivity contribution in [3.63, 3.8) is 0 Å². The molecule has 0 bridgehead atoms. The summed E-state index contributed by atoms with van der Waals surface area (Å²) in [5.41, 5.74) is 0.573. The Bertz CT molecular complexity index is 760. The van der Waals surface area contributed by atoms with Crippen LogP contribution < -0.4 is 0 Å². The summed E-state index contributed by atoms with van der Waals surface area (Å²) in [7, 11) is 1.65. The van der Waals surface area contributed by atoms with E-state index in [4.69, 9.17) is 0 Å². The lowest BCUT2D eigenvalue weighted by Gasteiger charge is -2.31. The molecule has 3 rings (SSSR count). The van der Waals surface area contributed by atoms with Crippen molar-refractivity contribution >= 4 is 5.91 Å². The van der Waals surface area contributed by atoms with Crippen LogP contribution in [-0.4, -0.2) is 45.4 Å². The van der Waals surface area contributed by atoms with E-state index in [1.165, 1.54) is 10.7 Å². The Kier molecular flexibility index (Phi) is 4.62. The van der Waals surface area contributed by atoms with Crippen LogP contribution >= 0.6 is 0 Å². The fourth-order valence-corrected chi connectivity index (χ4v) is 3.09. The molecule has 1 aromatic heterocycles. The highest BCUT2D eigenvalue weighted by Crippen LogP contribution is 2.27. The number of benzene rings is 1. The van der Waals surface area contributed by atoms with E-state index in [-0.39, 0.29) is 35.3 Å². The van der Waals surface area contributed by atoms with Gasteiger partial charge in [0.1, 0.15) is 17.3 Å². The summed E-state index contributed by atoms with van der Waals surface area (Å²) in [6, 6.07) is 3.21. The van der Waals surface area contributed by atoms with E-state index in [0.29, 0.717) is 13.1 Å². The minimum atomic E-state index is -0.755. The van der Waals surface area contributed by atoms with Crippen molar-refractivity contribution in [2.24, 2.45) is 13.0 Å². The van der Waals surface area contributed by atoms with E-state index in [1.54, 1.807) is 18.1 Å². The zero-order chi connectivity index (χ0) is 17.3. The maximum atomic E-state index is 14.1. The molecule has 1 fully saturated rings. The molecular formula is C17H19F2N3O2. The third-order valence-electron chi connectivity index (χ3n) is 4.31. The summed E-state index contributed by atoms with van der Waals surface area (Å²) in [6.45, 7) is 1.10. The zero-order valence-corrected chi connectivity index (χ0v) is 13.4. The average molecular weight is 335 g/mol. The van der Waals surface area contributed by atoms with Crippen molar-refractivity contribution in [1.29, 1.82) is 0 Å². The summed E-state index contributed by atoms with van der Waals surface area (Å²) < 4.78 is 28.7. The molecular weight excluding hydrogens is 316 g/mol. The number of nitrogens with zero attached hydrogens (tertiary/aromatic N) is 3. The lowest BCUT2D eigenvalue weighted by molar-refractivity contribution is 0.0621. The molecule has 1 amide bonds. The quantitative estimate of drug-likeness (QED) is 0.936. The molecule has 1 N–H and O–H groups in total. The van der Waals surface area contributed by atoms with Crippen molar-refractivity contribution in [3.05, 3.63) is 41.6 Å². The highest BCUT2D eigenvalue weighted by atomic mass is 19.1. The van der Waals surface area contributed by atoms with E-state index in [1.807, 2.05) is 0 Å². The molecule has 2 aromatic rings. The van der Waals surface area contributed by atoms with Gasteiger partial charge in [0, 0.05) is 44.6 Å². The molecule has 128 valence electrons. The second kappa shape index (κ2) is 6.68. The molecule has 1 aliphatic heterocycles. The topological polar surface area (TPSA) is 58.4 Å². The van der Waals surface area contributed by atoms with Gasteiger partial charge in [0.05, 0.1) is 5.56 Å². The van der Waals surface area contributed by atoms with Gasteiger partial charge in [-0.1, -0.05) is 0 Å². The monoisotopic (exact) mass is 335 g/mol. The van der Waals surface area contributed by atoms with E-state index < -0.39 is 11.6 Å². The smallest absolute Gasteiger partial charge is 0.257 e. The number of aryl methyl sites for hydroxylation is 1. The van der Waals surface area contributed by atoms with Gasteiger partial charge in [-0.05, 0) is 30.9 Å². The number of hydrogen-bond acceptors (Lipinski definition) is 3. The predicted molar refractivity (Wildman–Crippen MR) is 84.3 cm³/mol. The number of aromatic nitrogens is 2. The zero-order valence-electron chi connectivity index (χ0n) is 13.4. The van der Waals surface area contributed by atoms with Crippen LogP contribution in [0, 0.1) is 17.6 Å². The van der Waals surface area contributed by atoms with Crippen LogP contribution in [0.15, 0.2) is 24.4 Å². The van der Waals surface area contributed by atoms with Crippen LogP contribution in [0.4, 0.5) is 8.78 Å². The molecule has 0 spiro atoms. The third-order valence-corrected chi connectivity index (χ3v) is 4.31. The molecule has 1 unspecified atom stereocenters. The van der Waals surface area contributed by atoms with Crippen LogP contribution in [0.3, 0.4) is 0 Å². The van der Waals surface area contributed by atoms with Crippen LogP contribution in [0.2, 0.25) is 0 Å². The summed E-state index contributed by atoms with van der Waals surface area (Å²) in [4.78, 5) is 14.5. The Morgan fingerprint density at radius 3 is 2.92 bits per heavy atom. The highest BCUT2D eigenvalue weighted by molar-refractivity contribution is 5.99. The third kappa shape index (κ3) is 3.17. The van der Waals surface area contributed by atoms with E-state index in [9.17, 15) is 18.7 Å². The predicted octanol–water partition coefficient (Wildman–Crippen LogP) is 2.21. The molecule has 1 aromatic carbocycles. The van der Waals surface area contributed by atoms with E-state index in [2.05, 4.69) is 5.10 Å². The molecule has 1 aliphatic rings. The standard InChI is InChI=1S/C17H19F2N3O2/c1-21-9-14(17(24)22-6-2-3-11(8-22)10-23)16(20-21)13-5-4-12(18)7-15(13)19/h4-5,7,9,11,23H,2-3,6,8,10H2,1H3. The van der Waals surface area contributed by atoms with Crippen LogP contribution in [0.5, 0.6) is 0 Å². The molecule has 1 saturated heterocycles. The second-order valence-corrected chi connectivity index (χ2v) is 6.13. The fourth-order valence-electron chi connectivity index (χ4n) is 3.09. The fraction of sp³-hybridized carbons (Fsp3) is 0.412. The number of aliphatic hydroxyl groups excluding tert-OH is 1. The number of likely N-dealkylation sites (tertiary alicyclic amines) is 1. The molecule has 7 heteroatoms. The molecule has 0 radical (unpaired) electrons. The summed E-state index contributed by atoms with van der Waals surface area (Å²) in [5.74, 6) is -1.62. The number of piperidine rings is 1. The van der Waals surface area contributed by atoms with E-state index in [0.717, 1.165) is 25.0 Å². The van der Waals surface area contributed by atoms with Crippen molar-refractivity contribution in [1.82, 2.24) is 14.7 Å². The van der Waals surface area contributed by atoms with Gasteiger partial charge in [-0.2, -0.15) is 5.10 Å². The molecule has 1 atom stereocenters. The molecule has 2 heterocycles. The maximum absolute atomic E-state index is 14.1. The van der Waals surface area contributed by atoms with Crippen molar-refractivity contribution in [3.8, 4) is 11.3 Å². The Morgan fingerprint density at radius 1 is 1.42 bits per heavy atom. The Balaban J connectivity index is 1.95. The first-order valence-corrected chi connectivity index (χ1v) is 7.88. The first-order chi connectivity index (χ1) is 11.5.